The van der Waals surface area contributed by atoms with Crippen molar-refractivity contribution in [2.45, 2.75) is 69.7 Å². The van der Waals surface area contributed by atoms with Crippen LogP contribution < -0.4 is 9.80 Å². The quantitative estimate of drug-likeness (QED) is 0.174. The summed E-state index contributed by atoms with van der Waals surface area (Å²) in [5.74, 6) is 0.598. The van der Waals surface area contributed by atoms with Gasteiger partial charge in [-0.1, -0.05) is 143 Å². The first-order valence-corrected chi connectivity index (χ1v) is 19.9. The van der Waals surface area contributed by atoms with Crippen LogP contribution in [0, 0.1) is 5.92 Å². The molecule has 0 radical (unpaired) electrons. The number of allylic oxidation sites excluding steroid dienone is 7. The van der Waals surface area contributed by atoms with Gasteiger partial charge in [0, 0.05) is 39.7 Å². The Morgan fingerprint density at radius 2 is 1.31 bits per heavy atom. The highest BCUT2D eigenvalue weighted by molar-refractivity contribution is 5.91. The minimum absolute atomic E-state index is 0.0711. The van der Waals surface area contributed by atoms with E-state index in [0.717, 1.165) is 19.3 Å². The zero-order chi connectivity index (χ0) is 36.6. The lowest BCUT2D eigenvalue weighted by atomic mass is 9.70. The molecule has 2 heteroatoms. The molecule has 5 aliphatic rings. The number of rotatable bonds is 6. The van der Waals surface area contributed by atoms with Gasteiger partial charge in [-0.2, -0.15) is 0 Å². The molecule has 0 saturated carbocycles. The first-order chi connectivity index (χ1) is 26.3. The molecule has 0 aromatic heterocycles. The smallest absolute Gasteiger partial charge is 0.0556 e. The predicted molar refractivity (Wildman–Crippen MR) is 227 cm³/mol. The van der Waals surface area contributed by atoms with Gasteiger partial charge in [-0.25, -0.2) is 0 Å². The van der Waals surface area contributed by atoms with Crippen molar-refractivity contribution < 1.29 is 0 Å². The van der Waals surface area contributed by atoms with Gasteiger partial charge < -0.3 is 9.80 Å². The fraction of sp³-hybridized carbons (Fsp3) is 0.231. The number of anilines is 3. The predicted octanol–water partition coefficient (Wildman–Crippen LogP) is 13.1. The fourth-order valence-corrected chi connectivity index (χ4v) is 10.4. The molecule has 5 aliphatic carbocycles. The van der Waals surface area contributed by atoms with Gasteiger partial charge in [0.1, 0.15) is 0 Å². The molecule has 0 fully saturated rings. The van der Waals surface area contributed by atoms with Crippen LogP contribution in [0.4, 0.5) is 17.1 Å². The Kier molecular flexibility index (Phi) is 7.63. The standard InChI is InChI=1S/C52H48N2/c1-51(2)45-31-39(53(35-19-9-5-10-20-35)36-21-11-6-12-22-36)29-30-40(45)43-32-47-44(33-46(43)51)50-42-28-18-17-27-41(42)49(34-48(50)52(47,3)4)54(37-23-13-7-14-24-37)38-25-15-8-16-26-38/h5-11,13-19,21,23-35,48,50H,12,20,22H2,1-4H3. The molecule has 0 aliphatic heterocycles. The van der Waals surface area contributed by atoms with Crippen LogP contribution in [0.3, 0.4) is 0 Å². The molecule has 0 bridgehead atoms. The topological polar surface area (TPSA) is 6.48 Å². The first kappa shape index (κ1) is 33.0. The van der Waals surface area contributed by atoms with Crippen LogP contribution in [-0.2, 0) is 10.8 Å². The maximum Gasteiger partial charge on any atom is 0.0556 e. The minimum atomic E-state index is -0.126. The van der Waals surface area contributed by atoms with E-state index < -0.39 is 0 Å². The number of benzene rings is 5. The van der Waals surface area contributed by atoms with Crippen molar-refractivity contribution in [2.24, 2.45) is 5.92 Å². The molecule has 3 atom stereocenters. The molecule has 54 heavy (non-hydrogen) atoms. The lowest BCUT2D eigenvalue weighted by Gasteiger charge is -2.38. The van der Waals surface area contributed by atoms with Crippen LogP contribution in [0.2, 0.25) is 0 Å². The molecule has 266 valence electrons. The van der Waals surface area contributed by atoms with Crippen molar-refractivity contribution in [3.05, 3.63) is 203 Å². The van der Waals surface area contributed by atoms with Gasteiger partial charge in [0.25, 0.3) is 0 Å². The van der Waals surface area contributed by atoms with Crippen LogP contribution in [-0.4, -0.2) is 6.04 Å². The molecule has 5 aromatic rings. The van der Waals surface area contributed by atoms with Crippen molar-refractivity contribution in [1.82, 2.24) is 0 Å². The average Bonchev–Trinajstić information content (AvgIpc) is 3.57. The molecular weight excluding hydrogens is 653 g/mol. The Hall–Kier alpha value is -5.60. The number of nitrogens with zero attached hydrogens (tertiary/aromatic N) is 2. The van der Waals surface area contributed by atoms with E-state index in [1.807, 2.05) is 0 Å². The van der Waals surface area contributed by atoms with Crippen LogP contribution in [0.5, 0.6) is 0 Å². The molecule has 0 N–H and O–H groups in total. The molecule has 0 saturated heterocycles. The number of para-hydroxylation sites is 2. The van der Waals surface area contributed by atoms with Crippen LogP contribution in [0.25, 0.3) is 16.8 Å². The Balaban J connectivity index is 1.10. The van der Waals surface area contributed by atoms with Gasteiger partial charge >= 0.3 is 0 Å². The number of fused-ring (bicyclic) bond motifs is 8. The molecule has 5 aromatic carbocycles. The molecule has 0 heterocycles. The average molecular weight is 701 g/mol. The summed E-state index contributed by atoms with van der Waals surface area (Å²) in [6.07, 6.45) is 21.7. The second-order valence-corrected chi connectivity index (χ2v) is 16.8. The molecule has 0 spiro atoms. The third-order valence-electron chi connectivity index (χ3n) is 13.1. The third kappa shape index (κ3) is 4.99. The molecular formula is C52H48N2. The summed E-state index contributed by atoms with van der Waals surface area (Å²) in [5, 5.41) is 0. The molecule has 3 unspecified atom stereocenters. The van der Waals surface area contributed by atoms with E-state index in [2.05, 4.69) is 201 Å². The van der Waals surface area contributed by atoms with Crippen molar-refractivity contribution in [1.29, 1.82) is 0 Å². The van der Waals surface area contributed by atoms with E-state index in [1.54, 1.807) is 0 Å². The molecule has 10 rings (SSSR count). The second-order valence-electron chi connectivity index (χ2n) is 16.8. The summed E-state index contributed by atoms with van der Waals surface area (Å²) in [4.78, 5) is 5.07. The van der Waals surface area contributed by atoms with Crippen molar-refractivity contribution in [3.8, 4) is 11.1 Å². The van der Waals surface area contributed by atoms with Gasteiger partial charge in [0.2, 0.25) is 0 Å². The van der Waals surface area contributed by atoms with Gasteiger partial charge in [0.15, 0.2) is 0 Å². The van der Waals surface area contributed by atoms with Gasteiger partial charge in [-0.3, -0.25) is 0 Å². The van der Waals surface area contributed by atoms with E-state index in [-0.39, 0.29) is 16.7 Å². The summed E-state index contributed by atoms with van der Waals surface area (Å²) in [7, 11) is 0. The lowest BCUT2D eigenvalue weighted by molar-refractivity contribution is 0.389. The Labute approximate surface area is 321 Å². The fourth-order valence-electron chi connectivity index (χ4n) is 10.4. The highest BCUT2D eigenvalue weighted by Gasteiger charge is 2.51. The number of hydrogen-bond donors (Lipinski definition) is 0. The van der Waals surface area contributed by atoms with E-state index in [0.29, 0.717) is 12.0 Å². The second kappa shape index (κ2) is 12.5. The van der Waals surface area contributed by atoms with Crippen molar-refractivity contribution in [3.63, 3.8) is 0 Å². The van der Waals surface area contributed by atoms with Crippen molar-refractivity contribution >= 4 is 22.8 Å². The largest absolute Gasteiger partial charge is 0.338 e. The molecule has 0 amide bonds. The summed E-state index contributed by atoms with van der Waals surface area (Å²) < 4.78 is 0. The van der Waals surface area contributed by atoms with Gasteiger partial charge in [0.05, 0.1) is 11.7 Å². The highest BCUT2D eigenvalue weighted by atomic mass is 15.2. The maximum atomic E-state index is 2.62. The van der Waals surface area contributed by atoms with Crippen LogP contribution in [0.1, 0.15) is 86.3 Å². The zero-order valence-corrected chi connectivity index (χ0v) is 31.8. The van der Waals surface area contributed by atoms with Crippen LogP contribution >= 0.6 is 0 Å². The molecule has 2 nitrogen and oxygen atoms in total. The Morgan fingerprint density at radius 3 is 2.02 bits per heavy atom. The van der Waals surface area contributed by atoms with E-state index in [1.165, 1.54) is 73.0 Å². The lowest BCUT2D eigenvalue weighted by Crippen LogP contribution is -2.34. The van der Waals surface area contributed by atoms with Crippen LogP contribution in [0.15, 0.2) is 170 Å². The summed E-state index contributed by atoms with van der Waals surface area (Å²) in [6, 6.07) is 43.8. The monoisotopic (exact) mass is 700 g/mol. The maximum absolute atomic E-state index is 2.62. The Bertz CT molecular complexity index is 2400. The van der Waals surface area contributed by atoms with E-state index >= 15 is 0 Å². The van der Waals surface area contributed by atoms with Gasteiger partial charge in [-0.05, 0) is 118 Å². The summed E-state index contributed by atoms with van der Waals surface area (Å²) in [6.45, 7) is 9.87. The summed E-state index contributed by atoms with van der Waals surface area (Å²) in [5.41, 5.74) is 17.6. The first-order valence-electron chi connectivity index (χ1n) is 19.9. The SMILES string of the molecule is CC1(C)c2cc(N(C3=CC=CCC3)C3C=CC=CC3)ccc2-c2cc3c(cc21)C1c2ccccc2C(N(c2ccccc2)c2ccccc2)=CC1C3(C)C. The third-order valence-corrected chi connectivity index (χ3v) is 13.1. The summed E-state index contributed by atoms with van der Waals surface area (Å²) >= 11 is 0. The number of hydrogen-bond acceptors (Lipinski definition) is 2. The minimum Gasteiger partial charge on any atom is -0.338 e. The van der Waals surface area contributed by atoms with Gasteiger partial charge in [-0.15, -0.1) is 0 Å². The van der Waals surface area contributed by atoms with E-state index in [4.69, 9.17) is 0 Å². The Morgan fingerprint density at radius 1 is 0.593 bits per heavy atom. The normalized spacial score (nSPS) is 22.0. The van der Waals surface area contributed by atoms with Crippen molar-refractivity contribution in [2.75, 3.05) is 9.80 Å². The van der Waals surface area contributed by atoms with E-state index in [9.17, 15) is 0 Å². The zero-order valence-electron chi connectivity index (χ0n) is 31.8. The highest BCUT2D eigenvalue weighted by Crippen LogP contribution is 2.61.